The number of fused-ring (bicyclic) bond motifs is 1. The standard InChI is InChI=1S/C11H11NO2/c1-7(13)8-3-4-10(12-2)9-5-6-14-11(8)9/h3-6,12H,1-2H3. The highest BCUT2D eigenvalue weighted by molar-refractivity contribution is 6.07. The van der Waals surface area contributed by atoms with Crippen molar-refractivity contribution in [1.29, 1.82) is 0 Å². The lowest BCUT2D eigenvalue weighted by Gasteiger charge is -2.03. The largest absolute Gasteiger partial charge is 0.463 e. The van der Waals surface area contributed by atoms with E-state index >= 15 is 0 Å². The van der Waals surface area contributed by atoms with E-state index in [-0.39, 0.29) is 5.78 Å². The Morgan fingerprint density at radius 3 is 2.79 bits per heavy atom. The molecule has 0 aliphatic carbocycles. The number of benzene rings is 1. The number of furan rings is 1. The van der Waals surface area contributed by atoms with Gasteiger partial charge in [0.1, 0.15) is 5.58 Å². The monoisotopic (exact) mass is 189 g/mol. The van der Waals surface area contributed by atoms with E-state index in [0.717, 1.165) is 11.1 Å². The van der Waals surface area contributed by atoms with Crippen molar-refractivity contribution in [3.05, 3.63) is 30.0 Å². The first-order chi connectivity index (χ1) is 6.74. The van der Waals surface area contributed by atoms with Crippen molar-refractivity contribution in [3.8, 4) is 0 Å². The zero-order valence-electron chi connectivity index (χ0n) is 8.13. The van der Waals surface area contributed by atoms with Gasteiger partial charge in [0.05, 0.1) is 11.8 Å². The van der Waals surface area contributed by atoms with Gasteiger partial charge in [0.2, 0.25) is 0 Å². The number of nitrogens with one attached hydrogen (secondary N) is 1. The van der Waals surface area contributed by atoms with Crippen molar-refractivity contribution in [2.45, 2.75) is 6.92 Å². The Labute approximate surface area is 81.7 Å². The van der Waals surface area contributed by atoms with Gasteiger partial charge in [0.15, 0.2) is 5.78 Å². The fourth-order valence-corrected chi connectivity index (χ4v) is 1.56. The van der Waals surface area contributed by atoms with Crippen LogP contribution >= 0.6 is 0 Å². The van der Waals surface area contributed by atoms with Crippen LogP contribution in [0.25, 0.3) is 11.0 Å². The fourth-order valence-electron chi connectivity index (χ4n) is 1.56. The fraction of sp³-hybridized carbons (Fsp3) is 0.182. The Balaban J connectivity index is 2.78. The molecule has 0 radical (unpaired) electrons. The van der Waals surface area contributed by atoms with Gasteiger partial charge in [-0.3, -0.25) is 4.79 Å². The number of carbonyl (C=O) groups is 1. The maximum absolute atomic E-state index is 11.3. The third kappa shape index (κ3) is 1.18. The van der Waals surface area contributed by atoms with E-state index in [9.17, 15) is 4.79 Å². The Hall–Kier alpha value is -1.77. The van der Waals surface area contributed by atoms with Gasteiger partial charge in [-0.1, -0.05) is 0 Å². The normalized spacial score (nSPS) is 10.4. The number of carbonyl (C=O) groups excluding carboxylic acids is 1. The number of rotatable bonds is 2. The minimum absolute atomic E-state index is 0.0209. The van der Waals surface area contributed by atoms with E-state index in [0.29, 0.717) is 11.1 Å². The first-order valence-electron chi connectivity index (χ1n) is 4.43. The van der Waals surface area contributed by atoms with Crippen LogP contribution in [0, 0.1) is 0 Å². The van der Waals surface area contributed by atoms with Gasteiger partial charge in [-0.2, -0.15) is 0 Å². The average molecular weight is 189 g/mol. The maximum atomic E-state index is 11.3. The lowest BCUT2D eigenvalue weighted by atomic mass is 10.1. The van der Waals surface area contributed by atoms with Crippen molar-refractivity contribution in [1.82, 2.24) is 0 Å². The van der Waals surface area contributed by atoms with E-state index in [1.54, 1.807) is 12.3 Å². The van der Waals surface area contributed by atoms with Gasteiger partial charge in [-0.25, -0.2) is 0 Å². The van der Waals surface area contributed by atoms with Gasteiger partial charge < -0.3 is 9.73 Å². The highest BCUT2D eigenvalue weighted by atomic mass is 16.3. The summed E-state index contributed by atoms with van der Waals surface area (Å²) in [6.07, 6.45) is 1.60. The highest BCUT2D eigenvalue weighted by Crippen LogP contribution is 2.27. The Bertz CT molecular complexity index is 485. The van der Waals surface area contributed by atoms with Gasteiger partial charge in [0, 0.05) is 18.1 Å². The minimum Gasteiger partial charge on any atom is -0.463 e. The molecule has 3 heteroatoms. The van der Waals surface area contributed by atoms with E-state index in [1.807, 2.05) is 19.2 Å². The van der Waals surface area contributed by atoms with Crippen LogP contribution in [0.15, 0.2) is 28.9 Å². The zero-order chi connectivity index (χ0) is 10.1. The molecule has 0 atom stereocenters. The topological polar surface area (TPSA) is 42.2 Å². The van der Waals surface area contributed by atoms with Gasteiger partial charge in [0.25, 0.3) is 0 Å². The van der Waals surface area contributed by atoms with Gasteiger partial charge in [-0.05, 0) is 25.1 Å². The van der Waals surface area contributed by atoms with Crippen LogP contribution in [0.2, 0.25) is 0 Å². The molecule has 0 saturated heterocycles. The van der Waals surface area contributed by atoms with Gasteiger partial charge in [-0.15, -0.1) is 0 Å². The number of hydrogen-bond acceptors (Lipinski definition) is 3. The van der Waals surface area contributed by atoms with E-state index in [1.165, 1.54) is 6.92 Å². The number of ketones is 1. The molecule has 1 N–H and O–H groups in total. The summed E-state index contributed by atoms with van der Waals surface area (Å²) in [5.74, 6) is 0.0209. The third-order valence-electron chi connectivity index (χ3n) is 2.27. The Morgan fingerprint density at radius 1 is 1.36 bits per heavy atom. The van der Waals surface area contributed by atoms with Crippen LogP contribution in [-0.2, 0) is 0 Å². The minimum atomic E-state index is 0.0209. The summed E-state index contributed by atoms with van der Waals surface area (Å²) in [6.45, 7) is 1.54. The molecule has 14 heavy (non-hydrogen) atoms. The molecule has 0 bridgehead atoms. The van der Waals surface area contributed by atoms with Crippen molar-refractivity contribution < 1.29 is 9.21 Å². The molecule has 0 saturated carbocycles. The van der Waals surface area contributed by atoms with Crippen LogP contribution < -0.4 is 5.32 Å². The van der Waals surface area contributed by atoms with E-state index < -0.39 is 0 Å². The molecule has 72 valence electrons. The molecule has 0 unspecified atom stereocenters. The Kier molecular flexibility index (Phi) is 2.00. The molecular weight excluding hydrogens is 178 g/mol. The molecule has 1 heterocycles. The smallest absolute Gasteiger partial charge is 0.163 e. The molecular formula is C11H11NO2. The summed E-state index contributed by atoms with van der Waals surface area (Å²) in [7, 11) is 1.84. The molecule has 0 aliphatic heterocycles. The first kappa shape index (κ1) is 8.81. The molecule has 3 nitrogen and oxygen atoms in total. The molecule has 2 aromatic rings. The third-order valence-corrected chi connectivity index (χ3v) is 2.27. The van der Waals surface area contributed by atoms with Crippen LogP contribution in [0.4, 0.5) is 5.69 Å². The lowest BCUT2D eigenvalue weighted by Crippen LogP contribution is -1.95. The summed E-state index contributed by atoms with van der Waals surface area (Å²) in [5.41, 5.74) is 2.26. The van der Waals surface area contributed by atoms with Crippen LogP contribution in [0.3, 0.4) is 0 Å². The second-order valence-corrected chi connectivity index (χ2v) is 3.13. The first-order valence-corrected chi connectivity index (χ1v) is 4.43. The molecule has 2 rings (SSSR count). The summed E-state index contributed by atoms with van der Waals surface area (Å²) in [5, 5.41) is 4.00. The lowest BCUT2D eigenvalue weighted by molar-refractivity contribution is 0.101. The van der Waals surface area contributed by atoms with Crippen molar-refractivity contribution in [2.75, 3.05) is 12.4 Å². The number of anilines is 1. The Morgan fingerprint density at radius 2 is 2.14 bits per heavy atom. The van der Waals surface area contributed by atoms with Crippen LogP contribution in [0.5, 0.6) is 0 Å². The number of Topliss-reactive ketones (excluding diaryl/α,β-unsaturated/α-hetero) is 1. The summed E-state index contributed by atoms with van der Waals surface area (Å²) in [4.78, 5) is 11.3. The molecule has 1 aromatic carbocycles. The molecule has 0 spiro atoms. The van der Waals surface area contributed by atoms with Gasteiger partial charge >= 0.3 is 0 Å². The molecule has 1 aromatic heterocycles. The summed E-state index contributed by atoms with van der Waals surface area (Å²) in [6, 6.07) is 5.52. The average Bonchev–Trinajstić information content (AvgIpc) is 2.64. The van der Waals surface area contributed by atoms with Crippen LogP contribution in [0.1, 0.15) is 17.3 Å². The highest BCUT2D eigenvalue weighted by Gasteiger charge is 2.10. The maximum Gasteiger partial charge on any atom is 0.163 e. The van der Waals surface area contributed by atoms with Crippen molar-refractivity contribution in [3.63, 3.8) is 0 Å². The molecule has 0 fully saturated rings. The summed E-state index contributed by atoms with van der Waals surface area (Å²) >= 11 is 0. The van der Waals surface area contributed by atoms with Crippen molar-refractivity contribution in [2.24, 2.45) is 0 Å². The second kappa shape index (κ2) is 3.18. The molecule has 0 aliphatic rings. The predicted molar refractivity (Wildman–Crippen MR) is 55.8 cm³/mol. The van der Waals surface area contributed by atoms with Crippen molar-refractivity contribution >= 4 is 22.4 Å². The van der Waals surface area contributed by atoms with E-state index in [4.69, 9.17) is 4.42 Å². The quantitative estimate of drug-likeness (QED) is 0.738. The van der Waals surface area contributed by atoms with E-state index in [2.05, 4.69) is 5.32 Å². The second-order valence-electron chi connectivity index (χ2n) is 3.13. The summed E-state index contributed by atoms with van der Waals surface area (Å²) < 4.78 is 5.29. The van der Waals surface area contributed by atoms with Crippen LogP contribution in [-0.4, -0.2) is 12.8 Å². The zero-order valence-corrected chi connectivity index (χ0v) is 8.13. The molecule has 0 amide bonds. The predicted octanol–water partition coefficient (Wildman–Crippen LogP) is 2.68. The SMILES string of the molecule is CNc1ccc(C(C)=O)c2occc12. The number of hydrogen-bond donors (Lipinski definition) is 1.